The summed E-state index contributed by atoms with van der Waals surface area (Å²) in [5.41, 5.74) is 4.52. The Bertz CT molecular complexity index is 964. The van der Waals surface area contributed by atoms with Crippen molar-refractivity contribution in [2.24, 2.45) is 4.99 Å². The largest absolute Gasteiger partial charge is 0.354 e. The number of nitrogens with zero attached hydrogens (tertiary/aromatic N) is 4. The van der Waals surface area contributed by atoms with Crippen LogP contribution in [0.1, 0.15) is 21.2 Å². The van der Waals surface area contributed by atoms with Crippen LogP contribution < -0.4 is 10.6 Å². The molecule has 0 radical (unpaired) electrons. The monoisotopic (exact) mass is 411 g/mol. The Morgan fingerprint density at radius 3 is 2.66 bits per heavy atom. The summed E-state index contributed by atoms with van der Waals surface area (Å²) in [4.78, 5) is 30.9. The summed E-state index contributed by atoms with van der Waals surface area (Å²) in [6.45, 7) is 3.47. The summed E-state index contributed by atoms with van der Waals surface area (Å²) >= 11 is 1.35. The van der Waals surface area contributed by atoms with Crippen LogP contribution in [0.4, 0.5) is 0 Å². The second kappa shape index (κ2) is 9.83. The molecule has 0 spiro atoms. The van der Waals surface area contributed by atoms with E-state index in [1.165, 1.54) is 11.3 Å². The van der Waals surface area contributed by atoms with Gasteiger partial charge in [0.25, 0.3) is 5.91 Å². The highest BCUT2D eigenvalue weighted by molar-refractivity contribution is 7.11. The molecule has 3 rings (SSSR count). The minimum absolute atomic E-state index is 0.0980. The molecule has 2 heterocycles. The number of benzene rings is 1. The number of aryl methyl sites for hydroxylation is 1. The Labute approximate surface area is 174 Å². The molecular formula is C20H25N7OS. The molecule has 0 bridgehead atoms. The maximum Gasteiger partial charge on any atom is 0.263 e. The third-order valence-electron chi connectivity index (χ3n) is 4.32. The van der Waals surface area contributed by atoms with Gasteiger partial charge in [-0.25, -0.2) is 9.97 Å². The molecule has 3 aromatic rings. The van der Waals surface area contributed by atoms with Crippen LogP contribution in [-0.4, -0.2) is 58.9 Å². The second-order valence-corrected chi connectivity index (χ2v) is 7.32. The second-order valence-electron chi connectivity index (χ2n) is 6.46. The molecule has 8 nitrogen and oxygen atoms in total. The number of amides is 1. The SMILES string of the molecule is CN=C(NCCNC(=O)c1scnc1C)N(C)Cc1ncc(-c2ccccc2)[nH]1. The van der Waals surface area contributed by atoms with Gasteiger partial charge in [-0.15, -0.1) is 11.3 Å². The van der Waals surface area contributed by atoms with Crippen molar-refractivity contribution in [3.8, 4) is 11.3 Å². The lowest BCUT2D eigenvalue weighted by atomic mass is 10.2. The Morgan fingerprint density at radius 1 is 1.21 bits per heavy atom. The number of guanidine groups is 1. The van der Waals surface area contributed by atoms with Crippen LogP contribution in [0.5, 0.6) is 0 Å². The number of carbonyl (C=O) groups excluding carboxylic acids is 1. The number of aromatic nitrogens is 3. The molecule has 29 heavy (non-hydrogen) atoms. The Hall–Kier alpha value is -3.20. The van der Waals surface area contributed by atoms with E-state index in [-0.39, 0.29) is 5.91 Å². The lowest BCUT2D eigenvalue weighted by Crippen LogP contribution is -2.42. The zero-order valence-electron chi connectivity index (χ0n) is 16.8. The van der Waals surface area contributed by atoms with Crippen LogP contribution in [0.3, 0.4) is 0 Å². The standard InChI is InChI=1S/C20H25N7OS/c1-14-18(29-13-25-14)19(28)22-9-10-23-20(21-2)27(3)12-17-24-11-16(26-17)15-7-5-4-6-8-15/h4-8,11,13H,9-10,12H2,1-3H3,(H,21,23)(H,22,28)(H,24,26). The number of aromatic amines is 1. The number of imidazole rings is 1. The summed E-state index contributed by atoms with van der Waals surface area (Å²) in [5.74, 6) is 1.48. The first-order valence-electron chi connectivity index (χ1n) is 9.28. The Kier molecular flexibility index (Phi) is 6.96. The first-order chi connectivity index (χ1) is 14.1. The molecule has 152 valence electrons. The van der Waals surface area contributed by atoms with Gasteiger partial charge in [-0.2, -0.15) is 0 Å². The van der Waals surface area contributed by atoms with Gasteiger partial charge in [-0.05, 0) is 12.5 Å². The Morgan fingerprint density at radius 2 is 1.97 bits per heavy atom. The molecule has 0 saturated heterocycles. The van der Waals surface area contributed by atoms with Gasteiger partial charge >= 0.3 is 0 Å². The highest BCUT2D eigenvalue weighted by Gasteiger charge is 2.12. The number of H-pyrrole nitrogens is 1. The average Bonchev–Trinajstić information content (AvgIpc) is 3.37. The molecule has 0 unspecified atom stereocenters. The van der Waals surface area contributed by atoms with Gasteiger partial charge in [-0.1, -0.05) is 30.3 Å². The van der Waals surface area contributed by atoms with Crippen molar-refractivity contribution >= 4 is 23.2 Å². The van der Waals surface area contributed by atoms with E-state index in [0.717, 1.165) is 28.7 Å². The van der Waals surface area contributed by atoms with E-state index >= 15 is 0 Å². The molecule has 0 aliphatic rings. The highest BCUT2D eigenvalue weighted by atomic mass is 32.1. The fourth-order valence-electron chi connectivity index (χ4n) is 2.84. The van der Waals surface area contributed by atoms with Crippen molar-refractivity contribution in [2.75, 3.05) is 27.2 Å². The third kappa shape index (κ3) is 5.41. The summed E-state index contributed by atoms with van der Waals surface area (Å²) in [5, 5.41) is 6.14. The molecule has 0 aliphatic carbocycles. The van der Waals surface area contributed by atoms with Crippen molar-refractivity contribution in [3.63, 3.8) is 0 Å². The van der Waals surface area contributed by atoms with Gasteiger partial charge in [0.2, 0.25) is 0 Å². The number of thiazole rings is 1. The van der Waals surface area contributed by atoms with E-state index < -0.39 is 0 Å². The average molecular weight is 412 g/mol. The highest BCUT2D eigenvalue weighted by Crippen LogP contribution is 2.16. The molecule has 3 N–H and O–H groups in total. The molecule has 0 saturated carbocycles. The van der Waals surface area contributed by atoms with Gasteiger partial charge < -0.3 is 20.5 Å². The molecule has 0 atom stereocenters. The summed E-state index contributed by atoms with van der Waals surface area (Å²) in [6, 6.07) is 10.1. The Balaban J connectivity index is 1.47. The van der Waals surface area contributed by atoms with Crippen molar-refractivity contribution in [1.82, 2.24) is 30.5 Å². The van der Waals surface area contributed by atoms with Crippen molar-refractivity contribution < 1.29 is 4.79 Å². The quantitative estimate of drug-likeness (QED) is 0.315. The number of hydrogen-bond acceptors (Lipinski definition) is 5. The number of rotatable bonds is 7. The molecule has 0 fully saturated rings. The van der Waals surface area contributed by atoms with Crippen molar-refractivity contribution in [1.29, 1.82) is 0 Å². The molecule has 2 aromatic heterocycles. The molecule has 1 aromatic carbocycles. The van der Waals surface area contributed by atoms with Crippen molar-refractivity contribution in [2.45, 2.75) is 13.5 Å². The lowest BCUT2D eigenvalue weighted by molar-refractivity contribution is 0.0957. The topological polar surface area (TPSA) is 98.3 Å². The predicted octanol–water partition coefficient (Wildman–Crippen LogP) is 2.28. The van der Waals surface area contributed by atoms with Crippen LogP contribution in [0.2, 0.25) is 0 Å². The summed E-state index contributed by atoms with van der Waals surface area (Å²) in [6.07, 6.45) is 1.84. The third-order valence-corrected chi connectivity index (χ3v) is 5.25. The lowest BCUT2D eigenvalue weighted by Gasteiger charge is -2.21. The van der Waals surface area contributed by atoms with Crippen LogP contribution in [0.25, 0.3) is 11.3 Å². The van der Waals surface area contributed by atoms with E-state index in [0.29, 0.717) is 24.5 Å². The van der Waals surface area contributed by atoms with E-state index in [2.05, 4.69) is 30.6 Å². The molecular weight excluding hydrogens is 386 g/mol. The maximum absolute atomic E-state index is 12.1. The maximum atomic E-state index is 12.1. The molecule has 9 heteroatoms. The van der Waals surface area contributed by atoms with Crippen LogP contribution >= 0.6 is 11.3 Å². The van der Waals surface area contributed by atoms with E-state index in [1.807, 2.05) is 55.4 Å². The summed E-state index contributed by atoms with van der Waals surface area (Å²) in [7, 11) is 3.68. The van der Waals surface area contributed by atoms with E-state index in [4.69, 9.17) is 0 Å². The minimum Gasteiger partial charge on any atom is -0.354 e. The predicted molar refractivity (Wildman–Crippen MR) is 116 cm³/mol. The first-order valence-corrected chi connectivity index (χ1v) is 10.2. The fraction of sp³-hybridized carbons (Fsp3) is 0.300. The van der Waals surface area contributed by atoms with Gasteiger partial charge in [0.05, 0.1) is 29.6 Å². The van der Waals surface area contributed by atoms with Crippen LogP contribution in [0, 0.1) is 6.92 Å². The first kappa shape index (κ1) is 20.5. The smallest absolute Gasteiger partial charge is 0.263 e. The van der Waals surface area contributed by atoms with Gasteiger partial charge in [0, 0.05) is 27.2 Å². The van der Waals surface area contributed by atoms with Gasteiger partial charge in [0.15, 0.2) is 5.96 Å². The number of nitrogens with one attached hydrogen (secondary N) is 3. The number of hydrogen-bond donors (Lipinski definition) is 3. The number of aliphatic imine (C=N–C) groups is 1. The number of carbonyl (C=O) groups is 1. The zero-order valence-corrected chi connectivity index (χ0v) is 17.6. The van der Waals surface area contributed by atoms with Crippen LogP contribution in [-0.2, 0) is 6.54 Å². The van der Waals surface area contributed by atoms with E-state index in [1.54, 1.807) is 12.6 Å². The normalized spacial score (nSPS) is 11.3. The zero-order chi connectivity index (χ0) is 20.6. The van der Waals surface area contributed by atoms with Crippen LogP contribution in [0.15, 0.2) is 47.0 Å². The summed E-state index contributed by atoms with van der Waals surface area (Å²) < 4.78 is 0. The van der Waals surface area contributed by atoms with E-state index in [9.17, 15) is 4.79 Å². The van der Waals surface area contributed by atoms with Gasteiger partial charge in [0.1, 0.15) is 10.7 Å². The fourth-order valence-corrected chi connectivity index (χ4v) is 3.56. The minimum atomic E-state index is -0.0980. The van der Waals surface area contributed by atoms with Gasteiger partial charge in [-0.3, -0.25) is 9.79 Å². The molecule has 1 amide bonds. The molecule has 0 aliphatic heterocycles. The van der Waals surface area contributed by atoms with Crippen molar-refractivity contribution in [3.05, 3.63) is 58.4 Å².